The fraction of sp³-hybridized carbons (Fsp3) is 0.900. The molecule has 11 heavy (non-hydrogen) atoms. The molecule has 0 spiro atoms. The van der Waals surface area contributed by atoms with Crippen LogP contribution in [0.2, 0.25) is 0 Å². The molecule has 0 aliphatic heterocycles. The van der Waals surface area contributed by atoms with Crippen molar-refractivity contribution in [1.29, 1.82) is 0 Å². The second-order valence-electron chi connectivity index (χ2n) is 4.64. The van der Waals surface area contributed by atoms with Crippen molar-refractivity contribution in [1.82, 2.24) is 0 Å². The number of hydrogen-bond acceptors (Lipinski definition) is 1. The highest BCUT2D eigenvalue weighted by Crippen LogP contribution is 2.68. The zero-order chi connectivity index (χ0) is 8.22. The Morgan fingerprint density at radius 3 is 2.55 bits per heavy atom. The largest absolute Gasteiger partial charge is 0.299 e. The van der Waals surface area contributed by atoms with Gasteiger partial charge in [0.05, 0.1) is 0 Å². The Hall–Kier alpha value is -0.330. The Kier molecular flexibility index (Phi) is 1.25. The summed E-state index contributed by atoms with van der Waals surface area (Å²) in [5, 5.41) is 0. The van der Waals surface area contributed by atoms with E-state index < -0.39 is 0 Å². The minimum Gasteiger partial charge on any atom is -0.299 e. The zero-order valence-corrected chi connectivity index (χ0v) is 7.55. The molecular weight excluding hydrogens is 136 g/mol. The average molecular weight is 152 g/mol. The third-order valence-electron chi connectivity index (χ3n) is 3.85. The number of carbonyl (C=O) groups excluding carboxylic acids is 1. The molecule has 0 bridgehead atoms. The van der Waals surface area contributed by atoms with Gasteiger partial charge in [-0.05, 0) is 23.7 Å². The van der Waals surface area contributed by atoms with Gasteiger partial charge in [-0.25, -0.2) is 0 Å². The fourth-order valence-corrected chi connectivity index (χ4v) is 3.03. The minimum atomic E-state index is 0.412. The lowest BCUT2D eigenvalue weighted by molar-refractivity contribution is -0.122. The molecule has 0 heterocycles. The highest BCUT2D eigenvalue weighted by molar-refractivity contribution is 5.86. The Morgan fingerprint density at radius 2 is 2.18 bits per heavy atom. The summed E-state index contributed by atoms with van der Waals surface area (Å²) in [4.78, 5) is 11.3. The van der Waals surface area contributed by atoms with Crippen LogP contribution in [-0.2, 0) is 4.79 Å². The first-order chi connectivity index (χ1) is 5.09. The van der Waals surface area contributed by atoms with E-state index in [1.165, 1.54) is 0 Å². The van der Waals surface area contributed by atoms with Gasteiger partial charge in [-0.2, -0.15) is 0 Å². The maximum Gasteiger partial charge on any atom is 0.136 e. The van der Waals surface area contributed by atoms with Crippen LogP contribution in [0.4, 0.5) is 0 Å². The van der Waals surface area contributed by atoms with E-state index in [4.69, 9.17) is 0 Å². The summed E-state index contributed by atoms with van der Waals surface area (Å²) in [7, 11) is 0. The zero-order valence-electron chi connectivity index (χ0n) is 7.55. The molecule has 2 aliphatic rings. The van der Waals surface area contributed by atoms with Gasteiger partial charge in [0.15, 0.2) is 0 Å². The summed E-state index contributed by atoms with van der Waals surface area (Å²) in [6.07, 6.45) is 1.93. The Balaban J connectivity index is 2.17. The van der Waals surface area contributed by atoms with Crippen LogP contribution in [0, 0.1) is 23.2 Å². The van der Waals surface area contributed by atoms with E-state index in [1.54, 1.807) is 0 Å². The summed E-state index contributed by atoms with van der Waals surface area (Å²) >= 11 is 0. The van der Waals surface area contributed by atoms with Gasteiger partial charge in [0.25, 0.3) is 0 Å². The van der Waals surface area contributed by atoms with Crippen LogP contribution in [0.15, 0.2) is 0 Å². The van der Waals surface area contributed by atoms with Crippen molar-refractivity contribution in [2.75, 3.05) is 0 Å². The van der Waals surface area contributed by atoms with E-state index in [0.29, 0.717) is 17.1 Å². The molecule has 0 aromatic heterocycles. The predicted octanol–water partition coefficient (Wildman–Crippen LogP) is 2.26. The first-order valence-electron chi connectivity index (χ1n) is 4.61. The van der Waals surface area contributed by atoms with Gasteiger partial charge in [-0.15, -0.1) is 0 Å². The molecule has 0 unspecified atom stereocenters. The van der Waals surface area contributed by atoms with Crippen LogP contribution in [0.1, 0.15) is 33.6 Å². The normalized spacial score (nSPS) is 45.7. The second-order valence-corrected chi connectivity index (χ2v) is 4.64. The standard InChI is InChI=1S/C10H16O/c1-4-6-8(11)5-7-9(6)10(7,2)3/h6-7,9H,4-5H2,1-3H3/t6-,7+,9-/m0/s1. The monoisotopic (exact) mass is 152 g/mol. The van der Waals surface area contributed by atoms with E-state index >= 15 is 0 Å². The van der Waals surface area contributed by atoms with E-state index in [9.17, 15) is 4.79 Å². The molecule has 2 rings (SSSR count). The molecule has 0 aromatic rings. The van der Waals surface area contributed by atoms with Crippen molar-refractivity contribution in [2.24, 2.45) is 23.2 Å². The number of fused-ring (bicyclic) bond motifs is 1. The topological polar surface area (TPSA) is 17.1 Å². The number of rotatable bonds is 1. The summed E-state index contributed by atoms with van der Waals surface area (Å²) < 4.78 is 0. The van der Waals surface area contributed by atoms with Crippen molar-refractivity contribution < 1.29 is 4.79 Å². The van der Waals surface area contributed by atoms with Gasteiger partial charge in [0, 0.05) is 12.3 Å². The van der Waals surface area contributed by atoms with E-state index in [0.717, 1.165) is 24.7 Å². The summed E-state index contributed by atoms with van der Waals surface area (Å²) in [5.41, 5.74) is 0.495. The highest BCUT2D eigenvalue weighted by atomic mass is 16.1. The van der Waals surface area contributed by atoms with Crippen LogP contribution in [0.5, 0.6) is 0 Å². The van der Waals surface area contributed by atoms with Crippen molar-refractivity contribution in [3.8, 4) is 0 Å². The van der Waals surface area contributed by atoms with Gasteiger partial charge >= 0.3 is 0 Å². The lowest BCUT2D eigenvalue weighted by Gasteiger charge is -2.13. The molecule has 0 aromatic carbocycles. The second kappa shape index (κ2) is 1.88. The molecule has 1 heteroatoms. The number of Topliss-reactive ketones (excluding diaryl/α,β-unsaturated/α-hetero) is 1. The maximum absolute atomic E-state index is 11.3. The van der Waals surface area contributed by atoms with Gasteiger partial charge in [-0.3, -0.25) is 4.79 Å². The molecule has 62 valence electrons. The smallest absolute Gasteiger partial charge is 0.136 e. The fourth-order valence-electron chi connectivity index (χ4n) is 3.03. The van der Waals surface area contributed by atoms with Crippen LogP contribution < -0.4 is 0 Å². The van der Waals surface area contributed by atoms with E-state index in [2.05, 4.69) is 20.8 Å². The SMILES string of the molecule is CC[C@H]1C(=O)C[C@@H]2[C@H]1C2(C)C. The minimum absolute atomic E-state index is 0.412. The quantitative estimate of drug-likeness (QED) is 0.563. The molecule has 0 N–H and O–H groups in total. The first-order valence-corrected chi connectivity index (χ1v) is 4.61. The molecule has 3 atom stereocenters. The van der Waals surface area contributed by atoms with E-state index in [-0.39, 0.29) is 0 Å². The van der Waals surface area contributed by atoms with Gasteiger partial charge in [-0.1, -0.05) is 20.8 Å². The molecule has 2 aliphatic carbocycles. The lowest BCUT2D eigenvalue weighted by Crippen LogP contribution is -2.15. The third-order valence-corrected chi connectivity index (χ3v) is 3.85. The van der Waals surface area contributed by atoms with Crippen LogP contribution >= 0.6 is 0 Å². The number of hydrogen-bond donors (Lipinski definition) is 0. The van der Waals surface area contributed by atoms with E-state index in [1.807, 2.05) is 0 Å². The van der Waals surface area contributed by atoms with Gasteiger partial charge in [0.2, 0.25) is 0 Å². The Morgan fingerprint density at radius 1 is 1.55 bits per heavy atom. The molecule has 0 saturated heterocycles. The maximum atomic E-state index is 11.3. The summed E-state index contributed by atoms with van der Waals surface area (Å²) in [6, 6.07) is 0. The molecule has 2 saturated carbocycles. The lowest BCUT2D eigenvalue weighted by atomic mass is 9.90. The summed E-state index contributed by atoms with van der Waals surface area (Å²) in [5.74, 6) is 2.41. The Bertz CT molecular complexity index is 205. The molecular formula is C10H16O. The van der Waals surface area contributed by atoms with Crippen LogP contribution in [0.25, 0.3) is 0 Å². The number of carbonyl (C=O) groups is 1. The van der Waals surface area contributed by atoms with Crippen LogP contribution in [-0.4, -0.2) is 5.78 Å². The first kappa shape index (κ1) is 7.33. The van der Waals surface area contributed by atoms with Gasteiger partial charge in [0.1, 0.15) is 5.78 Å². The predicted molar refractivity (Wildman–Crippen MR) is 44.2 cm³/mol. The molecule has 0 radical (unpaired) electrons. The highest BCUT2D eigenvalue weighted by Gasteiger charge is 2.66. The van der Waals surface area contributed by atoms with Crippen LogP contribution in [0.3, 0.4) is 0 Å². The molecule has 1 nitrogen and oxygen atoms in total. The van der Waals surface area contributed by atoms with Crippen molar-refractivity contribution in [3.05, 3.63) is 0 Å². The van der Waals surface area contributed by atoms with Crippen molar-refractivity contribution in [3.63, 3.8) is 0 Å². The van der Waals surface area contributed by atoms with Crippen molar-refractivity contribution >= 4 is 5.78 Å². The summed E-state index contributed by atoms with van der Waals surface area (Å²) in [6.45, 7) is 6.74. The average Bonchev–Trinajstić information content (AvgIpc) is 2.38. The number of ketones is 1. The van der Waals surface area contributed by atoms with Crippen molar-refractivity contribution in [2.45, 2.75) is 33.6 Å². The Labute approximate surface area is 68.2 Å². The van der Waals surface area contributed by atoms with Gasteiger partial charge < -0.3 is 0 Å². The molecule has 2 fully saturated rings. The molecule has 0 amide bonds. The third kappa shape index (κ3) is 0.743.